The summed E-state index contributed by atoms with van der Waals surface area (Å²) in [7, 11) is 1.53. The van der Waals surface area contributed by atoms with Crippen LogP contribution in [0, 0.1) is 0 Å². The van der Waals surface area contributed by atoms with Crippen molar-refractivity contribution in [2.45, 2.75) is 25.7 Å². The molecule has 0 spiro atoms. The van der Waals surface area contributed by atoms with Gasteiger partial charge in [0, 0.05) is 12.0 Å². The Bertz CT molecular complexity index is 802. The van der Waals surface area contributed by atoms with Crippen LogP contribution in [0.15, 0.2) is 18.2 Å². The lowest BCUT2D eigenvalue weighted by atomic mass is 10.2. The number of ether oxygens (including phenoxy) is 2. The number of anilines is 1. The summed E-state index contributed by atoms with van der Waals surface area (Å²) in [5.41, 5.74) is 0.736. The molecular formula is C17H18ClN3O3S. The fraction of sp³-hybridized carbons (Fsp3) is 0.353. The van der Waals surface area contributed by atoms with Crippen LogP contribution in [-0.2, 0) is 4.79 Å². The Kier molecular flexibility index (Phi) is 5.55. The van der Waals surface area contributed by atoms with Crippen molar-refractivity contribution in [1.82, 2.24) is 10.2 Å². The molecular weight excluding hydrogens is 362 g/mol. The van der Waals surface area contributed by atoms with Crippen LogP contribution in [0.25, 0.3) is 6.08 Å². The second kappa shape index (κ2) is 7.84. The minimum Gasteiger partial charge on any atom is -0.491 e. The number of hydrogen-bond donors (Lipinski definition) is 1. The van der Waals surface area contributed by atoms with Crippen LogP contribution in [0.2, 0.25) is 5.02 Å². The van der Waals surface area contributed by atoms with Crippen LogP contribution in [-0.4, -0.2) is 29.8 Å². The number of carbonyl (C=O) groups is 1. The van der Waals surface area contributed by atoms with Crippen molar-refractivity contribution in [3.05, 3.63) is 33.8 Å². The Morgan fingerprint density at radius 2 is 2.24 bits per heavy atom. The number of halogens is 1. The van der Waals surface area contributed by atoms with E-state index in [1.807, 2.05) is 6.92 Å². The standard InChI is InChI=1S/C17H18ClN3O3S/c1-3-24-13-9-10(8-12(18)15(13)23-2)4-7-14(22)19-17-21-20-16(25-17)11-5-6-11/h4,7-9,11H,3,5-6H2,1-2H3,(H,19,21,22). The molecule has 0 unspecified atom stereocenters. The third kappa shape index (κ3) is 4.49. The van der Waals surface area contributed by atoms with Gasteiger partial charge < -0.3 is 9.47 Å². The van der Waals surface area contributed by atoms with Crippen molar-refractivity contribution in [3.8, 4) is 11.5 Å². The van der Waals surface area contributed by atoms with Crippen molar-refractivity contribution in [1.29, 1.82) is 0 Å². The maximum Gasteiger partial charge on any atom is 0.250 e. The van der Waals surface area contributed by atoms with Crippen molar-refractivity contribution in [2.24, 2.45) is 0 Å². The SMILES string of the molecule is CCOc1cc(C=CC(=O)Nc2nnc(C3CC3)s2)cc(Cl)c1OC. The topological polar surface area (TPSA) is 73.3 Å². The molecule has 1 saturated carbocycles. The summed E-state index contributed by atoms with van der Waals surface area (Å²) in [6.45, 7) is 2.36. The average Bonchev–Trinajstić information content (AvgIpc) is 3.33. The Balaban J connectivity index is 1.68. The third-order valence-corrected chi connectivity index (χ3v) is 4.84. The van der Waals surface area contributed by atoms with E-state index in [1.165, 1.54) is 24.5 Å². The van der Waals surface area contributed by atoms with E-state index in [4.69, 9.17) is 21.1 Å². The first-order chi connectivity index (χ1) is 12.1. The van der Waals surface area contributed by atoms with E-state index >= 15 is 0 Å². The zero-order valence-electron chi connectivity index (χ0n) is 13.9. The van der Waals surface area contributed by atoms with E-state index in [2.05, 4.69) is 15.5 Å². The van der Waals surface area contributed by atoms with Gasteiger partial charge in [-0.1, -0.05) is 22.9 Å². The van der Waals surface area contributed by atoms with Crippen LogP contribution in [0.5, 0.6) is 11.5 Å². The number of rotatable bonds is 7. The number of methoxy groups -OCH3 is 1. The number of nitrogens with one attached hydrogen (secondary N) is 1. The van der Waals surface area contributed by atoms with Crippen molar-refractivity contribution >= 4 is 40.1 Å². The van der Waals surface area contributed by atoms with E-state index in [-0.39, 0.29) is 5.91 Å². The largest absolute Gasteiger partial charge is 0.491 e. The molecule has 0 bridgehead atoms. The van der Waals surface area contributed by atoms with Gasteiger partial charge in [0.1, 0.15) is 5.01 Å². The highest BCUT2D eigenvalue weighted by molar-refractivity contribution is 7.15. The molecule has 1 aliphatic rings. The van der Waals surface area contributed by atoms with Crippen LogP contribution >= 0.6 is 22.9 Å². The van der Waals surface area contributed by atoms with Crippen LogP contribution < -0.4 is 14.8 Å². The van der Waals surface area contributed by atoms with Crippen LogP contribution in [0.1, 0.15) is 36.3 Å². The molecule has 0 atom stereocenters. The quantitative estimate of drug-likeness (QED) is 0.732. The maximum absolute atomic E-state index is 12.1. The third-order valence-electron chi connectivity index (χ3n) is 3.56. The monoisotopic (exact) mass is 379 g/mol. The van der Waals surface area contributed by atoms with Gasteiger partial charge in [0.05, 0.1) is 18.7 Å². The summed E-state index contributed by atoms with van der Waals surface area (Å²) < 4.78 is 10.8. The van der Waals surface area contributed by atoms with Gasteiger partial charge in [-0.2, -0.15) is 0 Å². The first-order valence-electron chi connectivity index (χ1n) is 7.93. The maximum atomic E-state index is 12.1. The molecule has 1 fully saturated rings. The molecule has 132 valence electrons. The highest BCUT2D eigenvalue weighted by Gasteiger charge is 2.27. The minimum absolute atomic E-state index is 0.275. The summed E-state index contributed by atoms with van der Waals surface area (Å²) in [4.78, 5) is 12.1. The second-order valence-corrected chi connectivity index (χ2v) is 6.93. The van der Waals surface area contributed by atoms with Crippen molar-refractivity contribution in [2.75, 3.05) is 19.0 Å². The van der Waals surface area contributed by atoms with Gasteiger partial charge in [-0.15, -0.1) is 10.2 Å². The van der Waals surface area contributed by atoms with E-state index in [9.17, 15) is 4.79 Å². The van der Waals surface area contributed by atoms with E-state index in [0.29, 0.717) is 34.2 Å². The van der Waals surface area contributed by atoms with Gasteiger partial charge in [-0.3, -0.25) is 10.1 Å². The molecule has 8 heteroatoms. The Labute approximate surface area is 154 Å². The first-order valence-corrected chi connectivity index (χ1v) is 9.13. The Hall–Kier alpha value is -2.12. The summed E-state index contributed by atoms with van der Waals surface area (Å²) in [6, 6.07) is 3.48. The highest BCUT2D eigenvalue weighted by Crippen LogP contribution is 2.42. The number of aromatic nitrogens is 2. The molecule has 1 amide bonds. The van der Waals surface area contributed by atoms with Gasteiger partial charge >= 0.3 is 0 Å². The lowest BCUT2D eigenvalue weighted by molar-refractivity contribution is -0.111. The molecule has 1 aromatic carbocycles. The van der Waals surface area contributed by atoms with Gasteiger partial charge in [-0.25, -0.2) is 0 Å². The summed E-state index contributed by atoms with van der Waals surface area (Å²) in [6.07, 6.45) is 5.39. The molecule has 1 N–H and O–H groups in total. The lowest BCUT2D eigenvalue weighted by Crippen LogP contribution is -2.07. The number of amides is 1. The molecule has 3 rings (SSSR count). The number of nitrogens with zero attached hydrogens (tertiary/aromatic N) is 2. The number of carbonyl (C=O) groups excluding carboxylic acids is 1. The smallest absolute Gasteiger partial charge is 0.250 e. The average molecular weight is 380 g/mol. The van der Waals surface area contributed by atoms with Crippen LogP contribution in [0.4, 0.5) is 5.13 Å². The normalized spacial score (nSPS) is 13.9. The molecule has 6 nitrogen and oxygen atoms in total. The lowest BCUT2D eigenvalue weighted by Gasteiger charge is -2.11. The molecule has 0 aliphatic heterocycles. The summed E-state index contributed by atoms with van der Waals surface area (Å²) in [5, 5.41) is 12.7. The van der Waals surface area contributed by atoms with E-state index in [0.717, 1.165) is 23.4 Å². The van der Waals surface area contributed by atoms with Gasteiger partial charge in [0.25, 0.3) is 0 Å². The minimum atomic E-state index is -0.275. The fourth-order valence-corrected chi connectivity index (χ4v) is 3.46. The van der Waals surface area contributed by atoms with Gasteiger partial charge in [-0.05, 0) is 43.5 Å². The Morgan fingerprint density at radius 3 is 2.92 bits per heavy atom. The molecule has 25 heavy (non-hydrogen) atoms. The molecule has 0 saturated heterocycles. The van der Waals surface area contributed by atoms with Crippen molar-refractivity contribution < 1.29 is 14.3 Å². The molecule has 1 heterocycles. The fourth-order valence-electron chi connectivity index (χ4n) is 2.24. The summed E-state index contributed by atoms with van der Waals surface area (Å²) in [5.74, 6) is 1.27. The van der Waals surface area contributed by atoms with Gasteiger partial charge in [0.2, 0.25) is 11.0 Å². The molecule has 0 radical (unpaired) electrons. The van der Waals surface area contributed by atoms with Gasteiger partial charge in [0.15, 0.2) is 11.5 Å². The number of hydrogen-bond acceptors (Lipinski definition) is 6. The molecule has 1 aromatic heterocycles. The molecule has 1 aliphatic carbocycles. The predicted molar refractivity (Wildman–Crippen MR) is 98.7 cm³/mol. The second-order valence-electron chi connectivity index (χ2n) is 5.51. The number of benzene rings is 1. The Morgan fingerprint density at radius 1 is 1.44 bits per heavy atom. The zero-order chi connectivity index (χ0) is 17.8. The zero-order valence-corrected chi connectivity index (χ0v) is 15.5. The highest BCUT2D eigenvalue weighted by atomic mass is 35.5. The molecule has 2 aromatic rings. The predicted octanol–water partition coefficient (Wildman–Crippen LogP) is 4.13. The van der Waals surface area contributed by atoms with E-state index < -0.39 is 0 Å². The van der Waals surface area contributed by atoms with E-state index in [1.54, 1.807) is 18.2 Å². The summed E-state index contributed by atoms with van der Waals surface area (Å²) >= 11 is 7.62. The van der Waals surface area contributed by atoms with Crippen LogP contribution in [0.3, 0.4) is 0 Å². The first kappa shape index (κ1) is 17.7. The van der Waals surface area contributed by atoms with Crippen molar-refractivity contribution in [3.63, 3.8) is 0 Å².